The first kappa shape index (κ1) is 13.5. The fourth-order valence-electron chi connectivity index (χ4n) is 1.49. The summed E-state index contributed by atoms with van der Waals surface area (Å²) in [6, 6.07) is 9.75. The summed E-state index contributed by atoms with van der Waals surface area (Å²) in [7, 11) is 0. The minimum Gasteiger partial charge on any atom is -0.367 e. The molecule has 0 aliphatic rings. The van der Waals surface area contributed by atoms with E-state index in [1.807, 2.05) is 49.4 Å². The lowest BCUT2D eigenvalue weighted by atomic mass is 10.1. The van der Waals surface area contributed by atoms with Crippen molar-refractivity contribution in [1.29, 1.82) is 0 Å². The van der Waals surface area contributed by atoms with Crippen LogP contribution < -0.4 is 5.73 Å². The Bertz CT molecular complexity index is 360. The summed E-state index contributed by atoms with van der Waals surface area (Å²) >= 11 is 0. The van der Waals surface area contributed by atoms with E-state index in [4.69, 9.17) is 10.5 Å². The molecule has 0 fully saturated rings. The molecule has 17 heavy (non-hydrogen) atoms. The molecule has 0 saturated heterocycles. The third kappa shape index (κ3) is 5.31. The Morgan fingerprint density at radius 2 is 2.12 bits per heavy atom. The van der Waals surface area contributed by atoms with E-state index < -0.39 is 12.0 Å². The first-order chi connectivity index (χ1) is 8.24. The third-order valence-electron chi connectivity index (χ3n) is 2.44. The van der Waals surface area contributed by atoms with Gasteiger partial charge in [0.2, 0.25) is 5.91 Å². The monoisotopic (exact) mass is 233 g/mol. The predicted octanol–water partition coefficient (Wildman–Crippen LogP) is 2.41. The molecule has 0 radical (unpaired) electrons. The summed E-state index contributed by atoms with van der Waals surface area (Å²) in [6.07, 6.45) is 4.88. The van der Waals surface area contributed by atoms with Crippen molar-refractivity contribution in [3.05, 3.63) is 48.0 Å². The molecule has 0 aliphatic heterocycles. The number of primary amides is 1. The minimum atomic E-state index is -0.508. The molecule has 1 rings (SSSR count). The molecule has 3 nitrogen and oxygen atoms in total. The maximum Gasteiger partial charge on any atom is 0.246 e. The van der Waals surface area contributed by atoms with E-state index in [0.29, 0.717) is 13.0 Å². The summed E-state index contributed by atoms with van der Waals surface area (Å²) in [5.74, 6) is -0.398. The van der Waals surface area contributed by atoms with Crippen molar-refractivity contribution in [2.45, 2.75) is 32.5 Å². The van der Waals surface area contributed by atoms with E-state index in [1.54, 1.807) is 0 Å². The van der Waals surface area contributed by atoms with Crippen LogP contribution in [-0.2, 0) is 16.1 Å². The Labute approximate surface area is 102 Å². The molecule has 0 heterocycles. The number of carbonyl (C=O) groups excluding carboxylic acids is 1. The van der Waals surface area contributed by atoms with Gasteiger partial charge in [-0.15, -0.1) is 0 Å². The van der Waals surface area contributed by atoms with Gasteiger partial charge >= 0.3 is 0 Å². The molecule has 1 aromatic rings. The smallest absolute Gasteiger partial charge is 0.246 e. The summed E-state index contributed by atoms with van der Waals surface area (Å²) in [6.45, 7) is 2.37. The van der Waals surface area contributed by atoms with Crippen LogP contribution in [0.2, 0.25) is 0 Å². The molecule has 2 N–H and O–H groups in total. The molecular formula is C14H19NO2. The van der Waals surface area contributed by atoms with E-state index in [1.165, 1.54) is 0 Å². The predicted molar refractivity (Wildman–Crippen MR) is 68.3 cm³/mol. The number of carbonyl (C=O) groups is 1. The van der Waals surface area contributed by atoms with E-state index in [0.717, 1.165) is 12.0 Å². The van der Waals surface area contributed by atoms with E-state index in [-0.39, 0.29) is 0 Å². The van der Waals surface area contributed by atoms with Crippen LogP contribution in [0.1, 0.15) is 25.3 Å². The van der Waals surface area contributed by atoms with Crippen LogP contribution in [0.4, 0.5) is 0 Å². The van der Waals surface area contributed by atoms with Crippen molar-refractivity contribution >= 4 is 5.91 Å². The molecule has 92 valence electrons. The molecule has 3 heteroatoms. The van der Waals surface area contributed by atoms with Crippen LogP contribution in [0.5, 0.6) is 0 Å². The Kier molecular flexibility index (Phi) is 6.04. The SMILES string of the molecule is CC=CCCC(OCc1ccccc1)C(N)=O. The van der Waals surface area contributed by atoms with Gasteiger partial charge in [-0.2, -0.15) is 0 Å². The number of nitrogens with two attached hydrogens (primary N) is 1. The number of amides is 1. The lowest BCUT2D eigenvalue weighted by Crippen LogP contribution is -2.30. The average Bonchev–Trinajstić information content (AvgIpc) is 2.34. The second-order valence-electron chi connectivity index (χ2n) is 3.83. The molecule has 0 aliphatic carbocycles. The Morgan fingerprint density at radius 1 is 1.41 bits per heavy atom. The molecular weight excluding hydrogens is 214 g/mol. The first-order valence-corrected chi connectivity index (χ1v) is 5.80. The van der Waals surface area contributed by atoms with Crippen LogP contribution in [-0.4, -0.2) is 12.0 Å². The zero-order valence-corrected chi connectivity index (χ0v) is 10.1. The first-order valence-electron chi connectivity index (χ1n) is 5.80. The van der Waals surface area contributed by atoms with Crippen LogP contribution in [0.15, 0.2) is 42.5 Å². The Morgan fingerprint density at radius 3 is 2.71 bits per heavy atom. The normalized spacial score (nSPS) is 12.8. The van der Waals surface area contributed by atoms with Gasteiger partial charge in [0.25, 0.3) is 0 Å². The molecule has 0 saturated carbocycles. The number of ether oxygens (including phenoxy) is 1. The molecule has 1 aromatic carbocycles. The van der Waals surface area contributed by atoms with E-state index >= 15 is 0 Å². The maximum atomic E-state index is 11.2. The van der Waals surface area contributed by atoms with Crippen LogP contribution >= 0.6 is 0 Å². The number of allylic oxidation sites excluding steroid dienone is 2. The van der Waals surface area contributed by atoms with Gasteiger partial charge in [-0.05, 0) is 25.3 Å². The zero-order valence-electron chi connectivity index (χ0n) is 10.1. The molecule has 0 aromatic heterocycles. The molecule has 1 atom stereocenters. The molecule has 1 unspecified atom stereocenters. The second-order valence-corrected chi connectivity index (χ2v) is 3.83. The van der Waals surface area contributed by atoms with Gasteiger partial charge < -0.3 is 10.5 Å². The quantitative estimate of drug-likeness (QED) is 0.735. The highest BCUT2D eigenvalue weighted by atomic mass is 16.5. The van der Waals surface area contributed by atoms with Gasteiger partial charge in [0, 0.05) is 0 Å². The Balaban J connectivity index is 2.42. The van der Waals surface area contributed by atoms with Crippen molar-refractivity contribution in [3.8, 4) is 0 Å². The standard InChI is InChI=1S/C14H19NO2/c1-2-3-5-10-13(14(15)16)17-11-12-8-6-4-7-9-12/h2-4,6-9,13H,5,10-11H2,1H3,(H2,15,16). The van der Waals surface area contributed by atoms with Gasteiger partial charge in [0.1, 0.15) is 6.10 Å². The topological polar surface area (TPSA) is 52.3 Å². The van der Waals surface area contributed by atoms with Gasteiger partial charge in [0.05, 0.1) is 6.61 Å². The largest absolute Gasteiger partial charge is 0.367 e. The number of benzene rings is 1. The number of hydrogen-bond donors (Lipinski definition) is 1. The van der Waals surface area contributed by atoms with Crippen molar-refractivity contribution in [2.24, 2.45) is 5.73 Å². The summed E-state index contributed by atoms with van der Waals surface area (Å²) in [4.78, 5) is 11.2. The van der Waals surface area contributed by atoms with Crippen molar-refractivity contribution in [1.82, 2.24) is 0 Å². The van der Waals surface area contributed by atoms with Gasteiger partial charge in [-0.25, -0.2) is 0 Å². The van der Waals surface area contributed by atoms with Gasteiger partial charge in [-0.1, -0.05) is 42.5 Å². The number of rotatable bonds is 7. The highest BCUT2D eigenvalue weighted by Gasteiger charge is 2.14. The second kappa shape index (κ2) is 7.63. The summed E-state index contributed by atoms with van der Waals surface area (Å²) < 4.78 is 5.53. The fraction of sp³-hybridized carbons (Fsp3) is 0.357. The Hall–Kier alpha value is -1.61. The number of hydrogen-bond acceptors (Lipinski definition) is 2. The van der Waals surface area contributed by atoms with Crippen molar-refractivity contribution < 1.29 is 9.53 Å². The lowest BCUT2D eigenvalue weighted by molar-refractivity contribution is -0.130. The van der Waals surface area contributed by atoms with Crippen molar-refractivity contribution in [3.63, 3.8) is 0 Å². The van der Waals surface area contributed by atoms with E-state index in [2.05, 4.69) is 0 Å². The van der Waals surface area contributed by atoms with Crippen LogP contribution in [0, 0.1) is 0 Å². The van der Waals surface area contributed by atoms with E-state index in [9.17, 15) is 4.79 Å². The molecule has 1 amide bonds. The highest BCUT2D eigenvalue weighted by Crippen LogP contribution is 2.08. The summed E-state index contributed by atoms with van der Waals surface area (Å²) in [5, 5.41) is 0. The summed E-state index contributed by atoms with van der Waals surface area (Å²) in [5.41, 5.74) is 6.34. The average molecular weight is 233 g/mol. The highest BCUT2D eigenvalue weighted by molar-refractivity contribution is 5.78. The van der Waals surface area contributed by atoms with Gasteiger partial charge in [-0.3, -0.25) is 4.79 Å². The van der Waals surface area contributed by atoms with Crippen LogP contribution in [0.3, 0.4) is 0 Å². The van der Waals surface area contributed by atoms with Crippen LogP contribution in [0.25, 0.3) is 0 Å². The minimum absolute atomic E-state index is 0.398. The maximum absolute atomic E-state index is 11.2. The molecule has 0 spiro atoms. The van der Waals surface area contributed by atoms with Gasteiger partial charge in [0.15, 0.2) is 0 Å². The van der Waals surface area contributed by atoms with Crippen molar-refractivity contribution in [2.75, 3.05) is 0 Å². The molecule has 0 bridgehead atoms. The fourth-order valence-corrected chi connectivity index (χ4v) is 1.49. The zero-order chi connectivity index (χ0) is 12.5. The lowest BCUT2D eigenvalue weighted by Gasteiger charge is -2.13. The third-order valence-corrected chi connectivity index (χ3v) is 2.44.